The van der Waals surface area contributed by atoms with Crippen LogP contribution < -0.4 is 14.4 Å². The van der Waals surface area contributed by atoms with E-state index in [1.165, 1.54) is 11.3 Å². The smallest absolute Gasteiger partial charge is 0.222 e. The van der Waals surface area contributed by atoms with Crippen molar-refractivity contribution in [1.29, 1.82) is 0 Å². The summed E-state index contributed by atoms with van der Waals surface area (Å²) >= 11 is 0. The molecule has 0 bridgehead atoms. The third-order valence-corrected chi connectivity index (χ3v) is 6.87. The molecule has 1 saturated heterocycles. The Hall–Kier alpha value is -2.69. The number of likely N-dealkylation sites (tertiary alicyclic amines) is 1. The van der Waals surface area contributed by atoms with Gasteiger partial charge in [0.15, 0.2) is 11.5 Å². The van der Waals surface area contributed by atoms with Crippen molar-refractivity contribution in [2.45, 2.75) is 38.5 Å². The van der Waals surface area contributed by atoms with Crippen molar-refractivity contribution in [1.82, 2.24) is 4.90 Å². The van der Waals surface area contributed by atoms with Crippen LogP contribution in [0.15, 0.2) is 42.5 Å². The molecule has 5 heteroatoms. The number of piperidine rings is 1. The predicted molar refractivity (Wildman–Crippen MR) is 122 cm³/mol. The molecule has 2 aromatic rings. The van der Waals surface area contributed by atoms with Crippen LogP contribution in [0, 0.1) is 5.92 Å². The summed E-state index contributed by atoms with van der Waals surface area (Å²) in [6.07, 6.45) is 5.59. The molecule has 5 rings (SSSR count). The third kappa shape index (κ3) is 4.65. The molecule has 5 nitrogen and oxygen atoms in total. The van der Waals surface area contributed by atoms with Crippen molar-refractivity contribution in [3.8, 4) is 11.5 Å². The van der Waals surface area contributed by atoms with Gasteiger partial charge in [0, 0.05) is 44.7 Å². The second-order valence-electron chi connectivity index (χ2n) is 8.98. The molecule has 164 valence electrons. The Bertz CT molecular complexity index is 921. The number of rotatable bonds is 5. The average Bonchev–Trinajstić information content (AvgIpc) is 3.06. The molecule has 0 unspecified atom stereocenters. The van der Waals surface area contributed by atoms with Gasteiger partial charge in [-0.3, -0.25) is 4.79 Å². The van der Waals surface area contributed by atoms with E-state index in [0.717, 1.165) is 75.3 Å². The molecule has 0 N–H and O–H groups in total. The molecule has 1 amide bonds. The maximum absolute atomic E-state index is 12.8. The number of para-hydroxylation sites is 1. The topological polar surface area (TPSA) is 42.0 Å². The summed E-state index contributed by atoms with van der Waals surface area (Å²) in [4.78, 5) is 17.4. The fraction of sp³-hybridized carbons (Fsp3) is 0.500. The van der Waals surface area contributed by atoms with Gasteiger partial charge in [0.1, 0.15) is 0 Å². The SMILES string of the molecule is O=C(CCc1ccc2c(c1)OCCCO2)N1CCC(CN2CCc3ccccc32)CC1. The number of hydrogen-bond acceptors (Lipinski definition) is 4. The number of carbonyl (C=O) groups excluding carboxylic acids is 1. The zero-order valence-corrected chi connectivity index (χ0v) is 18.2. The number of fused-ring (bicyclic) bond motifs is 2. The van der Waals surface area contributed by atoms with Crippen LogP contribution in [0.25, 0.3) is 0 Å². The largest absolute Gasteiger partial charge is 0.490 e. The molecule has 0 aromatic heterocycles. The molecule has 3 aliphatic heterocycles. The Morgan fingerprint density at radius 2 is 1.77 bits per heavy atom. The van der Waals surface area contributed by atoms with Gasteiger partial charge in [0.2, 0.25) is 5.91 Å². The highest BCUT2D eigenvalue weighted by Crippen LogP contribution is 2.32. The molecule has 0 atom stereocenters. The monoisotopic (exact) mass is 420 g/mol. The first-order chi connectivity index (χ1) is 15.3. The van der Waals surface area contributed by atoms with Gasteiger partial charge in [-0.05, 0) is 60.9 Å². The Balaban J connectivity index is 1.09. The Morgan fingerprint density at radius 1 is 0.968 bits per heavy atom. The Labute approximate surface area is 184 Å². The minimum absolute atomic E-state index is 0.275. The minimum atomic E-state index is 0.275. The maximum Gasteiger partial charge on any atom is 0.222 e. The molecule has 0 spiro atoms. The Kier molecular flexibility index (Phi) is 6.01. The lowest BCUT2D eigenvalue weighted by molar-refractivity contribution is -0.132. The molecule has 3 aliphatic rings. The third-order valence-electron chi connectivity index (χ3n) is 6.87. The lowest BCUT2D eigenvalue weighted by Crippen LogP contribution is -2.41. The van der Waals surface area contributed by atoms with Crippen molar-refractivity contribution in [3.05, 3.63) is 53.6 Å². The van der Waals surface area contributed by atoms with Crippen LogP contribution in [0.2, 0.25) is 0 Å². The van der Waals surface area contributed by atoms with Crippen molar-refractivity contribution in [2.75, 3.05) is 44.3 Å². The first-order valence-corrected chi connectivity index (χ1v) is 11.8. The highest BCUT2D eigenvalue weighted by molar-refractivity contribution is 5.76. The number of ether oxygens (including phenoxy) is 2. The first kappa shape index (κ1) is 20.2. The summed E-state index contributed by atoms with van der Waals surface area (Å²) in [5, 5.41) is 0. The summed E-state index contributed by atoms with van der Waals surface area (Å²) in [5.41, 5.74) is 4.03. The zero-order chi connectivity index (χ0) is 21.0. The van der Waals surface area contributed by atoms with Gasteiger partial charge in [-0.25, -0.2) is 0 Å². The fourth-order valence-electron chi connectivity index (χ4n) is 5.05. The van der Waals surface area contributed by atoms with E-state index in [1.54, 1.807) is 0 Å². The van der Waals surface area contributed by atoms with Gasteiger partial charge < -0.3 is 19.3 Å². The fourth-order valence-corrected chi connectivity index (χ4v) is 5.05. The quantitative estimate of drug-likeness (QED) is 0.731. The van der Waals surface area contributed by atoms with Gasteiger partial charge in [0.05, 0.1) is 13.2 Å². The molecule has 31 heavy (non-hydrogen) atoms. The highest BCUT2D eigenvalue weighted by atomic mass is 16.5. The normalized spacial score (nSPS) is 18.6. The van der Waals surface area contributed by atoms with Gasteiger partial charge in [-0.15, -0.1) is 0 Å². The van der Waals surface area contributed by atoms with E-state index < -0.39 is 0 Å². The van der Waals surface area contributed by atoms with E-state index in [1.807, 2.05) is 12.1 Å². The minimum Gasteiger partial charge on any atom is -0.490 e. The maximum atomic E-state index is 12.8. The van der Waals surface area contributed by atoms with E-state index in [2.05, 4.69) is 40.1 Å². The van der Waals surface area contributed by atoms with Crippen molar-refractivity contribution in [3.63, 3.8) is 0 Å². The van der Waals surface area contributed by atoms with Crippen LogP contribution in [0.1, 0.15) is 36.8 Å². The summed E-state index contributed by atoms with van der Waals surface area (Å²) < 4.78 is 11.5. The van der Waals surface area contributed by atoms with Gasteiger partial charge in [0.25, 0.3) is 0 Å². The lowest BCUT2D eigenvalue weighted by atomic mass is 9.95. The molecule has 1 fully saturated rings. The summed E-state index contributed by atoms with van der Waals surface area (Å²) in [7, 11) is 0. The number of anilines is 1. The van der Waals surface area contributed by atoms with E-state index in [4.69, 9.17) is 9.47 Å². The lowest BCUT2D eigenvalue weighted by Gasteiger charge is -2.34. The molecular formula is C26H32N2O3. The van der Waals surface area contributed by atoms with E-state index in [0.29, 0.717) is 25.6 Å². The summed E-state index contributed by atoms with van der Waals surface area (Å²) in [5.74, 6) is 2.58. The number of benzene rings is 2. The molecular weight excluding hydrogens is 388 g/mol. The van der Waals surface area contributed by atoms with Gasteiger partial charge in [-0.1, -0.05) is 24.3 Å². The van der Waals surface area contributed by atoms with E-state index in [-0.39, 0.29) is 5.91 Å². The number of hydrogen-bond donors (Lipinski definition) is 0. The van der Waals surface area contributed by atoms with E-state index in [9.17, 15) is 4.79 Å². The van der Waals surface area contributed by atoms with Gasteiger partial charge in [-0.2, -0.15) is 0 Å². The van der Waals surface area contributed by atoms with Crippen LogP contribution >= 0.6 is 0 Å². The average molecular weight is 421 g/mol. The number of nitrogens with zero attached hydrogens (tertiary/aromatic N) is 2. The summed E-state index contributed by atoms with van der Waals surface area (Å²) in [6.45, 7) is 5.42. The van der Waals surface area contributed by atoms with Crippen LogP contribution in [-0.4, -0.2) is 50.2 Å². The molecule has 0 saturated carbocycles. The molecule has 3 heterocycles. The standard InChI is InChI=1S/C26H32N2O3/c29-26(9-7-20-6-8-24-25(18-20)31-17-3-16-30-24)27-13-10-21(11-14-27)19-28-15-12-22-4-1-2-5-23(22)28/h1-2,4-6,8,18,21H,3,7,9-17,19H2. The number of carbonyl (C=O) groups is 1. The molecule has 0 aliphatic carbocycles. The molecule has 2 aromatic carbocycles. The zero-order valence-electron chi connectivity index (χ0n) is 18.2. The first-order valence-electron chi connectivity index (χ1n) is 11.8. The second kappa shape index (κ2) is 9.21. The predicted octanol–water partition coefficient (Wildman–Crippen LogP) is 4.08. The Morgan fingerprint density at radius 3 is 2.65 bits per heavy atom. The number of aryl methyl sites for hydroxylation is 1. The van der Waals surface area contributed by atoms with Crippen LogP contribution in [0.4, 0.5) is 5.69 Å². The van der Waals surface area contributed by atoms with Crippen molar-refractivity contribution >= 4 is 11.6 Å². The van der Waals surface area contributed by atoms with Gasteiger partial charge >= 0.3 is 0 Å². The number of amides is 1. The van der Waals surface area contributed by atoms with E-state index >= 15 is 0 Å². The highest BCUT2D eigenvalue weighted by Gasteiger charge is 2.26. The molecule has 0 radical (unpaired) electrons. The summed E-state index contributed by atoms with van der Waals surface area (Å²) in [6, 6.07) is 14.8. The van der Waals surface area contributed by atoms with Crippen LogP contribution in [0.5, 0.6) is 11.5 Å². The van der Waals surface area contributed by atoms with Crippen molar-refractivity contribution in [2.24, 2.45) is 5.92 Å². The van der Waals surface area contributed by atoms with Crippen LogP contribution in [0.3, 0.4) is 0 Å². The second-order valence-corrected chi connectivity index (χ2v) is 8.98. The van der Waals surface area contributed by atoms with Crippen molar-refractivity contribution < 1.29 is 14.3 Å². The van der Waals surface area contributed by atoms with Crippen LogP contribution in [-0.2, 0) is 17.6 Å².